The lowest BCUT2D eigenvalue weighted by atomic mass is 9.89. The summed E-state index contributed by atoms with van der Waals surface area (Å²) in [6.45, 7) is 4.72. The molecule has 5 aromatic rings. The molecule has 3 aromatic carbocycles. The zero-order valence-corrected chi connectivity index (χ0v) is 39.0. The third kappa shape index (κ3) is 10.6. The number of ether oxygens (including phenoxy) is 1. The van der Waals surface area contributed by atoms with E-state index < -0.39 is 51.8 Å². The third-order valence-corrected chi connectivity index (χ3v) is 16.1. The zero-order chi connectivity index (χ0) is 47.8. The zero-order valence-electron chi connectivity index (χ0n) is 36.6. The van der Waals surface area contributed by atoms with Crippen molar-refractivity contribution >= 4 is 85.1 Å². The number of hydrogen-bond donors (Lipinski definition) is 5. The van der Waals surface area contributed by atoms with Crippen LogP contribution in [0, 0.1) is 0 Å². The number of rotatable bonds is 15. The topological polar surface area (TPSA) is 247 Å². The van der Waals surface area contributed by atoms with Gasteiger partial charge in [-0.05, 0) is 118 Å². The number of likely N-dealkylation sites (tertiary alicyclic amines) is 1. The number of benzene rings is 3. The van der Waals surface area contributed by atoms with Crippen LogP contribution in [0.3, 0.4) is 0 Å². The average molecular weight is 978 g/mol. The van der Waals surface area contributed by atoms with Crippen molar-refractivity contribution in [2.75, 3.05) is 43.4 Å². The first-order valence-corrected chi connectivity index (χ1v) is 24.5. The molecule has 3 aliphatic heterocycles. The van der Waals surface area contributed by atoms with Gasteiger partial charge in [0.1, 0.15) is 11.1 Å². The second-order valence-corrected chi connectivity index (χ2v) is 21.0. The van der Waals surface area contributed by atoms with E-state index in [0.717, 1.165) is 29.7 Å². The number of aromatic nitrogens is 1. The molecular formula is C46H49ClN6O12S2. The number of amides is 3. The van der Waals surface area contributed by atoms with Crippen LogP contribution in [-0.4, -0.2) is 106 Å². The van der Waals surface area contributed by atoms with Crippen molar-refractivity contribution in [1.82, 2.24) is 19.1 Å². The molecule has 5 heterocycles. The van der Waals surface area contributed by atoms with Crippen LogP contribution in [0.5, 0.6) is 5.75 Å². The Labute approximate surface area is 393 Å². The Bertz CT molecular complexity index is 2940. The van der Waals surface area contributed by atoms with Gasteiger partial charge in [-0.15, -0.1) is 11.3 Å². The molecule has 67 heavy (non-hydrogen) atoms. The van der Waals surface area contributed by atoms with E-state index in [0.29, 0.717) is 64.4 Å². The van der Waals surface area contributed by atoms with Crippen LogP contribution in [0.15, 0.2) is 75.9 Å². The molecule has 0 unspecified atom stereocenters. The van der Waals surface area contributed by atoms with Crippen LogP contribution in [0.1, 0.15) is 85.1 Å². The van der Waals surface area contributed by atoms with Gasteiger partial charge in [-0.1, -0.05) is 41.9 Å². The molecule has 3 amide bonds. The maximum atomic E-state index is 14.0. The van der Waals surface area contributed by atoms with Crippen molar-refractivity contribution in [3.05, 3.63) is 98.3 Å². The molecule has 8 rings (SSSR count). The molecule has 3 aliphatic rings. The number of carboxylic acid groups (broad SMARTS) is 2. The fourth-order valence-electron chi connectivity index (χ4n) is 9.38. The molecule has 3 fully saturated rings. The van der Waals surface area contributed by atoms with E-state index in [1.54, 1.807) is 48.5 Å². The van der Waals surface area contributed by atoms with Crippen LogP contribution < -0.4 is 26.4 Å². The number of imide groups is 1. The number of aromatic carboxylic acids is 1. The van der Waals surface area contributed by atoms with Gasteiger partial charge < -0.3 is 30.0 Å². The Hall–Kier alpha value is -6.06. The molecule has 0 spiro atoms. The number of hydrogen-bond acceptors (Lipinski definition) is 13. The number of aliphatic carboxylic acids is 1. The lowest BCUT2D eigenvalue weighted by molar-refractivity contribution is -0.139. The maximum absolute atomic E-state index is 14.0. The molecule has 0 saturated carbocycles. The smallest absolute Gasteiger partial charge is 0.420 e. The van der Waals surface area contributed by atoms with E-state index >= 15 is 0 Å². The summed E-state index contributed by atoms with van der Waals surface area (Å²) < 4.78 is 41.6. The van der Waals surface area contributed by atoms with Gasteiger partial charge in [0.2, 0.25) is 27.7 Å². The summed E-state index contributed by atoms with van der Waals surface area (Å²) in [5.41, 5.74) is 3.41. The minimum Gasteiger partial charge on any atom is -0.479 e. The largest absolute Gasteiger partial charge is 0.479 e. The van der Waals surface area contributed by atoms with E-state index in [9.17, 15) is 42.3 Å². The van der Waals surface area contributed by atoms with Crippen LogP contribution >= 0.6 is 22.9 Å². The number of piperidine rings is 3. The quantitative estimate of drug-likeness (QED) is 0.0743. The number of carboxylic acids is 2. The number of nitrogens with one attached hydrogen (secondary N) is 3. The number of fused-ring (bicyclic) bond motifs is 1. The van der Waals surface area contributed by atoms with E-state index in [1.165, 1.54) is 8.87 Å². The van der Waals surface area contributed by atoms with Crippen molar-refractivity contribution in [2.24, 2.45) is 0 Å². The Morgan fingerprint density at radius 2 is 1.70 bits per heavy atom. The Morgan fingerprint density at radius 3 is 2.42 bits per heavy atom. The number of nitrogens with zero attached hydrogens (tertiary/aromatic N) is 3. The lowest BCUT2D eigenvalue weighted by Crippen LogP contribution is -2.55. The lowest BCUT2D eigenvalue weighted by Gasteiger charge is -2.45. The predicted molar refractivity (Wildman–Crippen MR) is 250 cm³/mol. The van der Waals surface area contributed by atoms with E-state index in [4.69, 9.17) is 25.9 Å². The van der Waals surface area contributed by atoms with Gasteiger partial charge in [-0.25, -0.2) is 22.8 Å². The van der Waals surface area contributed by atoms with Crippen LogP contribution in [0.2, 0.25) is 5.02 Å². The van der Waals surface area contributed by atoms with Crippen molar-refractivity contribution in [3.8, 4) is 16.2 Å². The standard InChI is InChI=1S/C46H49ClN6O12S2/c1-46(2)22-32(48-31-8-4-6-29(20-31)41-39(47)40(64-24-38(56)57)42(66-41)44(59)60)15-18-52(46)67(62,63)25-26-5-3-7-30(19-26)49-37(55)23-51-16-13-27(14-17-51)28-9-10-33-35(21-28)65-45(61)53(33)34-11-12-36(54)50-43(34)58/h3-10,19-21,27,32,34,48H,11-18,22-25H2,1-2H3,(H,49,55)(H,56,57)(H,59,60)(H,50,54,58)/t32-,34+/m0/s1. The number of anilines is 2. The minimum atomic E-state index is -3.80. The second kappa shape index (κ2) is 19.3. The first-order valence-electron chi connectivity index (χ1n) is 21.7. The fourth-order valence-corrected chi connectivity index (χ4v) is 12.7. The highest BCUT2D eigenvalue weighted by Gasteiger charge is 2.42. The molecule has 21 heteroatoms. The van der Waals surface area contributed by atoms with E-state index in [1.807, 2.05) is 32.0 Å². The summed E-state index contributed by atoms with van der Waals surface area (Å²) in [5.74, 6) is -4.65. The van der Waals surface area contributed by atoms with Gasteiger partial charge in [0.05, 0.1) is 22.7 Å². The van der Waals surface area contributed by atoms with Crippen molar-refractivity contribution < 1.29 is 51.8 Å². The van der Waals surface area contributed by atoms with Crippen LogP contribution in [-0.2, 0) is 35.0 Å². The third-order valence-electron chi connectivity index (χ3n) is 12.4. The number of carbonyl (C=O) groups excluding carboxylic acids is 3. The molecule has 0 aliphatic carbocycles. The highest BCUT2D eigenvalue weighted by atomic mass is 35.5. The molecule has 354 valence electrons. The monoisotopic (exact) mass is 976 g/mol. The molecular weight excluding hydrogens is 928 g/mol. The molecule has 0 bridgehead atoms. The van der Waals surface area contributed by atoms with E-state index in [2.05, 4.69) is 20.9 Å². The summed E-state index contributed by atoms with van der Waals surface area (Å²) in [6.07, 6.45) is 2.86. The maximum Gasteiger partial charge on any atom is 0.420 e. The second-order valence-electron chi connectivity index (χ2n) is 17.7. The highest BCUT2D eigenvalue weighted by molar-refractivity contribution is 7.88. The number of thiophene rings is 1. The first kappa shape index (κ1) is 47.4. The molecule has 0 radical (unpaired) electrons. The number of carbonyl (C=O) groups is 5. The van der Waals surface area contributed by atoms with Gasteiger partial charge in [0.25, 0.3) is 0 Å². The predicted octanol–water partition coefficient (Wildman–Crippen LogP) is 6.12. The van der Waals surface area contributed by atoms with Crippen molar-refractivity contribution in [3.63, 3.8) is 0 Å². The van der Waals surface area contributed by atoms with Crippen molar-refractivity contribution in [1.29, 1.82) is 0 Å². The van der Waals surface area contributed by atoms with Gasteiger partial charge in [-0.3, -0.25) is 29.2 Å². The molecule has 18 nitrogen and oxygen atoms in total. The number of sulfonamides is 1. The van der Waals surface area contributed by atoms with E-state index in [-0.39, 0.29) is 71.1 Å². The molecule has 2 atom stereocenters. The average Bonchev–Trinajstić information content (AvgIpc) is 3.77. The summed E-state index contributed by atoms with van der Waals surface area (Å²) in [5, 5.41) is 27.5. The SMILES string of the molecule is CC1(C)C[C@@H](Nc2cccc(-c3sc(C(=O)O)c(OCC(=O)O)c3Cl)c2)CCN1S(=O)(=O)Cc1cccc(NC(=O)CN2CCC(c3ccc4c(c3)oc(=O)n4[C@@H]3CCC(=O)NC3=O)CC2)c1. The molecule has 3 saturated heterocycles. The number of oxazole rings is 1. The van der Waals surface area contributed by atoms with Gasteiger partial charge in [0.15, 0.2) is 22.8 Å². The fraction of sp³-hybridized carbons (Fsp3) is 0.391. The number of halogens is 1. The Kier molecular flexibility index (Phi) is 13.6. The van der Waals surface area contributed by atoms with Gasteiger partial charge in [0, 0.05) is 35.9 Å². The minimum absolute atomic E-state index is 0.00329. The summed E-state index contributed by atoms with van der Waals surface area (Å²) in [7, 11) is -3.80. The first-order chi connectivity index (χ1) is 31.8. The molecule has 5 N–H and O–H groups in total. The van der Waals surface area contributed by atoms with Crippen LogP contribution in [0.25, 0.3) is 21.5 Å². The molecule has 2 aromatic heterocycles. The van der Waals surface area contributed by atoms with Crippen molar-refractivity contribution in [2.45, 2.75) is 81.7 Å². The Morgan fingerprint density at radius 1 is 0.955 bits per heavy atom. The van der Waals surface area contributed by atoms with Gasteiger partial charge >= 0.3 is 17.7 Å². The summed E-state index contributed by atoms with van der Waals surface area (Å²) in [6, 6.07) is 18.6. The normalized spacial score (nSPS) is 19.5. The van der Waals surface area contributed by atoms with Crippen LogP contribution in [0.4, 0.5) is 11.4 Å². The summed E-state index contributed by atoms with van der Waals surface area (Å²) in [4.78, 5) is 75.3. The highest BCUT2D eigenvalue weighted by Crippen LogP contribution is 2.46. The Balaban J connectivity index is 0.831. The summed E-state index contributed by atoms with van der Waals surface area (Å²) >= 11 is 7.39. The van der Waals surface area contributed by atoms with Gasteiger partial charge in [-0.2, -0.15) is 4.31 Å².